The maximum absolute atomic E-state index is 5.53. The predicted octanol–water partition coefficient (Wildman–Crippen LogP) is 3.06. The zero-order chi connectivity index (χ0) is 10.8. The second-order valence-electron chi connectivity index (χ2n) is 3.64. The van der Waals surface area contributed by atoms with Crippen LogP contribution >= 0.6 is 8.58 Å². The molecule has 0 amide bonds. The second-order valence-corrected chi connectivity index (χ2v) is 5.00. The van der Waals surface area contributed by atoms with Crippen LogP contribution in [-0.4, -0.2) is 0 Å². The van der Waals surface area contributed by atoms with Crippen molar-refractivity contribution in [3.05, 3.63) is 60.9 Å². The van der Waals surface area contributed by atoms with Crippen molar-refractivity contribution < 1.29 is 4.42 Å². The number of hydrogen-bond acceptors (Lipinski definition) is 1. The molecule has 0 saturated carbocycles. The number of benzene rings is 2. The van der Waals surface area contributed by atoms with E-state index < -0.39 is 0 Å². The Hall–Kier alpha value is -1.59. The van der Waals surface area contributed by atoms with Crippen LogP contribution in [0.3, 0.4) is 0 Å². The van der Waals surface area contributed by atoms with Gasteiger partial charge in [0.1, 0.15) is 5.58 Å². The molecule has 1 unspecified atom stereocenters. The van der Waals surface area contributed by atoms with Gasteiger partial charge in [0.25, 0.3) is 0 Å². The van der Waals surface area contributed by atoms with Crippen LogP contribution in [0.25, 0.3) is 11.0 Å². The van der Waals surface area contributed by atoms with Crippen LogP contribution in [0, 0.1) is 0 Å². The predicted molar refractivity (Wildman–Crippen MR) is 70.2 cm³/mol. The van der Waals surface area contributed by atoms with E-state index >= 15 is 0 Å². The van der Waals surface area contributed by atoms with E-state index in [-0.39, 0.29) is 0 Å². The standard InChI is InChI=1S/C14H11OP/c1-2-6-12(7-3-1)16-13-8-4-5-11-9-10-15-14(11)13/h1-10,16H. The Labute approximate surface area is 95.9 Å². The highest BCUT2D eigenvalue weighted by atomic mass is 31.1. The summed E-state index contributed by atoms with van der Waals surface area (Å²) >= 11 is 0. The molecule has 1 atom stereocenters. The van der Waals surface area contributed by atoms with Gasteiger partial charge < -0.3 is 4.42 Å². The molecular formula is C14H11OP. The molecular weight excluding hydrogens is 215 g/mol. The summed E-state index contributed by atoms with van der Waals surface area (Å²) in [6.45, 7) is 0. The Morgan fingerprint density at radius 2 is 1.69 bits per heavy atom. The Kier molecular flexibility index (Phi) is 2.47. The summed E-state index contributed by atoms with van der Waals surface area (Å²) < 4.78 is 5.53. The summed E-state index contributed by atoms with van der Waals surface area (Å²) in [5, 5.41) is 3.79. The number of rotatable bonds is 2. The zero-order valence-corrected chi connectivity index (χ0v) is 9.68. The van der Waals surface area contributed by atoms with Crippen molar-refractivity contribution in [2.75, 3.05) is 0 Å². The summed E-state index contributed by atoms with van der Waals surface area (Å²) in [5.41, 5.74) is 1.02. The molecule has 2 aromatic carbocycles. The highest BCUT2D eigenvalue weighted by molar-refractivity contribution is 7.56. The molecule has 0 saturated heterocycles. The molecule has 16 heavy (non-hydrogen) atoms. The minimum absolute atomic E-state index is 0.654. The molecule has 0 fully saturated rings. The van der Waals surface area contributed by atoms with Crippen LogP contribution < -0.4 is 10.6 Å². The number of furan rings is 1. The van der Waals surface area contributed by atoms with Gasteiger partial charge in [-0.15, -0.1) is 0 Å². The third kappa shape index (κ3) is 1.75. The number of para-hydroxylation sites is 1. The topological polar surface area (TPSA) is 13.1 Å². The minimum Gasteiger partial charge on any atom is -0.464 e. The fourth-order valence-corrected chi connectivity index (χ4v) is 2.93. The fourth-order valence-electron chi connectivity index (χ4n) is 1.77. The molecule has 0 aliphatic heterocycles. The van der Waals surface area contributed by atoms with E-state index in [0.717, 1.165) is 5.58 Å². The zero-order valence-electron chi connectivity index (χ0n) is 8.68. The van der Waals surface area contributed by atoms with Gasteiger partial charge in [-0.2, -0.15) is 0 Å². The van der Waals surface area contributed by atoms with E-state index in [9.17, 15) is 0 Å². The van der Waals surface area contributed by atoms with Gasteiger partial charge in [0.15, 0.2) is 0 Å². The smallest absolute Gasteiger partial charge is 0.141 e. The maximum atomic E-state index is 5.53. The molecule has 0 aliphatic rings. The van der Waals surface area contributed by atoms with Crippen molar-refractivity contribution in [2.45, 2.75) is 0 Å². The SMILES string of the molecule is c1ccc(Pc2cccc3ccoc23)cc1. The largest absolute Gasteiger partial charge is 0.464 e. The molecule has 1 aromatic heterocycles. The first kappa shape index (κ1) is 9.62. The van der Waals surface area contributed by atoms with Crippen molar-refractivity contribution in [1.82, 2.24) is 0 Å². The lowest BCUT2D eigenvalue weighted by atomic mass is 10.3. The van der Waals surface area contributed by atoms with Crippen molar-refractivity contribution in [2.24, 2.45) is 0 Å². The van der Waals surface area contributed by atoms with Crippen LogP contribution in [0.2, 0.25) is 0 Å². The van der Waals surface area contributed by atoms with Crippen molar-refractivity contribution in [1.29, 1.82) is 0 Å². The Morgan fingerprint density at radius 3 is 2.56 bits per heavy atom. The molecule has 0 bridgehead atoms. The Bertz CT molecular complexity index is 598. The second kappa shape index (κ2) is 4.11. The summed E-state index contributed by atoms with van der Waals surface area (Å²) in [5.74, 6) is 0. The molecule has 0 N–H and O–H groups in total. The Morgan fingerprint density at radius 1 is 0.812 bits per heavy atom. The first-order chi connectivity index (χ1) is 7.93. The van der Waals surface area contributed by atoms with Gasteiger partial charge in [0.2, 0.25) is 0 Å². The van der Waals surface area contributed by atoms with Gasteiger partial charge in [-0.3, -0.25) is 0 Å². The number of fused-ring (bicyclic) bond motifs is 1. The maximum Gasteiger partial charge on any atom is 0.141 e. The molecule has 0 aliphatic carbocycles. The highest BCUT2D eigenvalue weighted by Gasteiger charge is 2.04. The molecule has 1 nitrogen and oxygen atoms in total. The lowest BCUT2D eigenvalue weighted by Gasteiger charge is -2.02. The van der Waals surface area contributed by atoms with Crippen molar-refractivity contribution in [3.63, 3.8) is 0 Å². The van der Waals surface area contributed by atoms with Gasteiger partial charge >= 0.3 is 0 Å². The quantitative estimate of drug-likeness (QED) is 0.612. The molecule has 3 aromatic rings. The summed E-state index contributed by atoms with van der Waals surface area (Å²) in [6.07, 6.45) is 1.75. The lowest BCUT2D eigenvalue weighted by molar-refractivity contribution is 0.618. The minimum atomic E-state index is 0.654. The van der Waals surface area contributed by atoms with Crippen molar-refractivity contribution in [3.8, 4) is 0 Å². The average molecular weight is 226 g/mol. The Balaban J connectivity index is 2.04. The molecule has 0 spiro atoms. The first-order valence-electron chi connectivity index (χ1n) is 5.22. The normalized spacial score (nSPS) is 11.5. The highest BCUT2D eigenvalue weighted by Crippen LogP contribution is 2.20. The average Bonchev–Trinajstić information content (AvgIpc) is 2.80. The monoisotopic (exact) mass is 226 g/mol. The summed E-state index contributed by atoms with van der Waals surface area (Å²) in [7, 11) is 0.654. The van der Waals surface area contributed by atoms with Crippen LogP contribution in [-0.2, 0) is 0 Å². The van der Waals surface area contributed by atoms with E-state index in [1.807, 2.05) is 12.1 Å². The van der Waals surface area contributed by atoms with Crippen LogP contribution in [0.15, 0.2) is 65.3 Å². The van der Waals surface area contributed by atoms with E-state index in [1.165, 1.54) is 16.0 Å². The molecule has 0 radical (unpaired) electrons. The molecule has 1 heterocycles. The van der Waals surface area contributed by atoms with E-state index in [2.05, 4.69) is 42.5 Å². The van der Waals surface area contributed by atoms with Gasteiger partial charge in [-0.05, 0) is 11.4 Å². The van der Waals surface area contributed by atoms with Gasteiger partial charge in [-0.1, -0.05) is 57.1 Å². The third-order valence-electron chi connectivity index (χ3n) is 2.53. The van der Waals surface area contributed by atoms with Crippen LogP contribution in [0.1, 0.15) is 0 Å². The van der Waals surface area contributed by atoms with E-state index in [0.29, 0.717) is 8.58 Å². The lowest BCUT2D eigenvalue weighted by Crippen LogP contribution is -2.02. The number of hydrogen-bond donors (Lipinski definition) is 0. The molecule has 3 rings (SSSR count). The van der Waals surface area contributed by atoms with E-state index in [1.54, 1.807) is 6.26 Å². The van der Waals surface area contributed by atoms with Crippen molar-refractivity contribution >= 4 is 30.2 Å². The van der Waals surface area contributed by atoms with E-state index in [4.69, 9.17) is 4.42 Å². The molecule has 2 heteroatoms. The van der Waals surface area contributed by atoms with Gasteiger partial charge in [0.05, 0.1) is 6.26 Å². The van der Waals surface area contributed by atoms with Crippen LogP contribution in [0.5, 0.6) is 0 Å². The fraction of sp³-hybridized carbons (Fsp3) is 0. The van der Waals surface area contributed by atoms with Gasteiger partial charge in [0, 0.05) is 10.7 Å². The van der Waals surface area contributed by atoms with Gasteiger partial charge in [-0.25, -0.2) is 0 Å². The van der Waals surface area contributed by atoms with Crippen LogP contribution in [0.4, 0.5) is 0 Å². The summed E-state index contributed by atoms with van der Waals surface area (Å²) in [6, 6.07) is 18.8. The third-order valence-corrected chi connectivity index (χ3v) is 3.82. The first-order valence-corrected chi connectivity index (χ1v) is 6.22. The summed E-state index contributed by atoms with van der Waals surface area (Å²) in [4.78, 5) is 0. The molecule has 78 valence electrons.